The van der Waals surface area contributed by atoms with Crippen LogP contribution in [0.15, 0.2) is 48.7 Å². The third kappa shape index (κ3) is 3.29. The van der Waals surface area contributed by atoms with Gasteiger partial charge in [0.25, 0.3) is 0 Å². The maximum atomic E-state index is 10.9. The summed E-state index contributed by atoms with van der Waals surface area (Å²) in [6.45, 7) is 5.83. The topological polar surface area (TPSA) is 50.5 Å². The van der Waals surface area contributed by atoms with Crippen molar-refractivity contribution >= 4 is 21.8 Å². The molecule has 5 nitrogen and oxygen atoms in total. The van der Waals surface area contributed by atoms with Gasteiger partial charge in [-0.2, -0.15) is 0 Å². The molecule has 1 aliphatic heterocycles. The molecule has 0 unspecified atom stereocenters. The van der Waals surface area contributed by atoms with Crippen molar-refractivity contribution in [1.82, 2.24) is 14.5 Å². The Hall–Kier alpha value is -3.05. The van der Waals surface area contributed by atoms with E-state index in [-0.39, 0.29) is 0 Å². The van der Waals surface area contributed by atoms with Gasteiger partial charge in [-0.15, -0.1) is 0 Å². The van der Waals surface area contributed by atoms with E-state index in [9.17, 15) is 5.11 Å². The molecule has 1 saturated heterocycles. The molecule has 3 heterocycles. The number of aryl methyl sites for hydroxylation is 1. The van der Waals surface area contributed by atoms with Gasteiger partial charge in [0.05, 0.1) is 7.11 Å². The van der Waals surface area contributed by atoms with E-state index >= 15 is 0 Å². The second-order valence-corrected chi connectivity index (χ2v) is 8.22. The molecule has 0 radical (unpaired) electrons. The summed E-state index contributed by atoms with van der Waals surface area (Å²) in [4.78, 5) is 6.93. The van der Waals surface area contributed by atoms with Gasteiger partial charge in [-0.3, -0.25) is 9.88 Å². The van der Waals surface area contributed by atoms with Crippen molar-refractivity contribution in [3.8, 4) is 11.5 Å². The van der Waals surface area contributed by atoms with Crippen LogP contribution < -0.4 is 4.74 Å². The molecule has 2 aromatic heterocycles. The first-order valence-electron chi connectivity index (χ1n) is 10.6. The SMILES string of the molecule is COc1ccc2c(c1)cc(C)n2Cc1cc(CN2CCCC2)c(O)c2ncccc12. The van der Waals surface area contributed by atoms with Gasteiger partial charge >= 0.3 is 0 Å². The second-order valence-electron chi connectivity index (χ2n) is 8.22. The molecule has 4 aromatic rings. The summed E-state index contributed by atoms with van der Waals surface area (Å²) in [6, 6.07) is 14.6. The summed E-state index contributed by atoms with van der Waals surface area (Å²) < 4.78 is 7.72. The molecule has 0 amide bonds. The quantitative estimate of drug-likeness (QED) is 0.519. The standard InChI is InChI=1S/C25H27N3O2/c1-17-12-18-14-21(30-2)7-8-23(18)28(17)16-19-13-20(15-27-10-3-4-11-27)25(29)24-22(19)6-5-9-26-24/h5-9,12-14,29H,3-4,10-11,15-16H2,1-2H3. The summed E-state index contributed by atoms with van der Waals surface area (Å²) >= 11 is 0. The van der Waals surface area contributed by atoms with Gasteiger partial charge in [-0.25, -0.2) is 0 Å². The van der Waals surface area contributed by atoms with Crippen LogP contribution in [-0.4, -0.2) is 39.8 Å². The molecule has 0 saturated carbocycles. The zero-order valence-electron chi connectivity index (χ0n) is 17.6. The lowest BCUT2D eigenvalue weighted by atomic mass is 10.0. The summed E-state index contributed by atoms with van der Waals surface area (Å²) in [7, 11) is 1.70. The Balaban J connectivity index is 1.61. The van der Waals surface area contributed by atoms with Crippen molar-refractivity contribution in [3.05, 3.63) is 65.5 Å². The number of nitrogens with zero attached hydrogens (tertiary/aromatic N) is 3. The van der Waals surface area contributed by atoms with Gasteiger partial charge in [0.15, 0.2) is 0 Å². The van der Waals surface area contributed by atoms with Gasteiger partial charge in [0.1, 0.15) is 17.0 Å². The molecule has 5 rings (SSSR count). The van der Waals surface area contributed by atoms with Crippen LogP contribution >= 0.6 is 0 Å². The number of phenols is 1. The molecule has 1 fully saturated rings. The van der Waals surface area contributed by atoms with Crippen molar-refractivity contribution in [2.45, 2.75) is 32.9 Å². The van der Waals surface area contributed by atoms with Crippen molar-refractivity contribution < 1.29 is 9.84 Å². The number of rotatable bonds is 5. The van der Waals surface area contributed by atoms with Crippen molar-refractivity contribution in [3.63, 3.8) is 0 Å². The lowest BCUT2D eigenvalue weighted by Gasteiger charge is -2.19. The molecule has 0 spiro atoms. The van der Waals surface area contributed by atoms with Crippen LogP contribution in [0, 0.1) is 6.92 Å². The molecular formula is C25H27N3O2. The van der Waals surface area contributed by atoms with Crippen LogP contribution in [0.4, 0.5) is 0 Å². The number of benzene rings is 2. The molecule has 1 N–H and O–H groups in total. The highest BCUT2D eigenvalue weighted by molar-refractivity contribution is 5.89. The Morgan fingerprint density at radius 3 is 2.67 bits per heavy atom. The number of aromatic hydroxyl groups is 1. The fourth-order valence-electron chi connectivity index (χ4n) is 4.69. The van der Waals surface area contributed by atoms with Crippen LogP contribution in [0.3, 0.4) is 0 Å². The zero-order valence-corrected chi connectivity index (χ0v) is 17.6. The van der Waals surface area contributed by atoms with E-state index < -0.39 is 0 Å². The molecule has 1 aliphatic rings. The molecular weight excluding hydrogens is 374 g/mol. The first-order chi connectivity index (χ1) is 14.6. The predicted octanol–water partition coefficient (Wildman–Crippen LogP) is 4.86. The number of phenolic OH excluding ortho intramolecular Hbond substituents is 1. The fraction of sp³-hybridized carbons (Fsp3) is 0.320. The summed E-state index contributed by atoms with van der Waals surface area (Å²) in [5.74, 6) is 1.19. The number of fused-ring (bicyclic) bond motifs is 2. The third-order valence-electron chi connectivity index (χ3n) is 6.27. The van der Waals surface area contributed by atoms with Crippen LogP contribution in [0.2, 0.25) is 0 Å². The molecule has 0 aliphatic carbocycles. The minimum Gasteiger partial charge on any atom is -0.505 e. The Bertz CT molecular complexity index is 1220. The monoisotopic (exact) mass is 401 g/mol. The minimum atomic E-state index is 0.320. The molecule has 0 atom stereocenters. The van der Waals surface area contributed by atoms with E-state index in [1.807, 2.05) is 12.1 Å². The van der Waals surface area contributed by atoms with Crippen molar-refractivity contribution in [2.24, 2.45) is 0 Å². The summed E-state index contributed by atoms with van der Waals surface area (Å²) in [6.07, 6.45) is 4.23. The zero-order chi connectivity index (χ0) is 20.7. The van der Waals surface area contributed by atoms with E-state index in [2.05, 4.69) is 51.7 Å². The highest BCUT2D eigenvalue weighted by atomic mass is 16.5. The lowest BCUT2D eigenvalue weighted by molar-refractivity contribution is 0.324. The van der Waals surface area contributed by atoms with E-state index in [0.717, 1.165) is 42.9 Å². The molecule has 154 valence electrons. The predicted molar refractivity (Wildman–Crippen MR) is 120 cm³/mol. The van der Waals surface area contributed by atoms with Gasteiger partial charge in [-0.05, 0) is 74.8 Å². The van der Waals surface area contributed by atoms with Crippen LogP contribution in [0.25, 0.3) is 21.8 Å². The Kier molecular flexibility index (Phi) is 4.83. The summed E-state index contributed by atoms with van der Waals surface area (Å²) in [5, 5.41) is 13.1. The molecule has 5 heteroatoms. The first kappa shape index (κ1) is 18.9. The second kappa shape index (κ2) is 7.65. The number of pyridine rings is 1. The maximum Gasteiger partial charge on any atom is 0.146 e. The van der Waals surface area contributed by atoms with Gasteiger partial charge in [0.2, 0.25) is 0 Å². The third-order valence-corrected chi connectivity index (χ3v) is 6.27. The smallest absolute Gasteiger partial charge is 0.146 e. The van der Waals surface area contributed by atoms with E-state index in [0.29, 0.717) is 11.3 Å². The number of methoxy groups -OCH3 is 1. The molecule has 30 heavy (non-hydrogen) atoms. The maximum absolute atomic E-state index is 10.9. The van der Waals surface area contributed by atoms with Gasteiger partial charge in [-0.1, -0.05) is 6.07 Å². The van der Waals surface area contributed by atoms with Crippen LogP contribution in [-0.2, 0) is 13.1 Å². The van der Waals surface area contributed by atoms with E-state index in [1.54, 1.807) is 13.3 Å². The summed E-state index contributed by atoms with van der Waals surface area (Å²) in [5.41, 5.74) is 5.22. The average molecular weight is 402 g/mol. The number of aromatic nitrogens is 2. The van der Waals surface area contributed by atoms with Crippen molar-refractivity contribution in [1.29, 1.82) is 0 Å². The van der Waals surface area contributed by atoms with Crippen molar-refractivity contribution in [2.75, 3.05) is 20.2 Å². The number of likely N-dealkylation sites (tertiary alicyclic amines) is 1. The Morgan fingerprint density at radius 1 is 1.03 bits per heavy atom. The Morgan fingerprint density at radius 2 is 1.87 bits per heavy atom. The number of hydrogen-bond acceptors (Lipinski definition) is 4. The molecule has 2 aromatic carbocycles. The number of hydrogen-bond donors (Lipinski definition) is 1. The van der Waals surface area contributed by atoms with Gasteiger partial charge in [0, 0.05) is 46.8 Å². The minimum absolute atomic E-state index is 0.320. The van der Waals surface area contributed by atoms with E-state index in [4.69, 9.17) is 4.74 Å². The fourth-order valence-corrected chi connectivity index (χ4v) is 4.69. The Labute approximate surface area is 176 Å². The van der Waals surface area contributed by atoms with E-state index in [1.165, 1.54) is 35.0 Å². The number of ether oxygens (including phenoxy) is 1. The highest BCUT2D eigenvalue weighted by Gasteiger charge is 2.18. The van der Waals surface area contributed by atoms with Crippen LogP contribution in [0.5, 0.6) is 11.5 Å². The lowest BCUT2D eigenvalue weighted by Crippen LogP contribution is -2.18. The average Bonchev–Trinajstić information content (AvgIpc) is 3.38. The first-order valence-corrected chi connectivity index (χ1v) is 10.6. The normalized spacial score (nSPS) is 14.7. The largest absolute Gasteiger partial charge is 0.505 e. The highest BCUT2D eigenvalue weighted by Crippen LogP contribution is 2.33. The van der Waals surface area contributed by atoms with Crippen LogP contribution in [0.1, 0.15) is 29.7 Å². The molecule has 0 bridgehead atoms. The van der Waals surface area contributed by atoms with Gasteiger partial charge < -0.3 is 14.4 Å².